The van der Waals surface area contributed by atoms with Gasteiger partial charge >= 0.3 is 12.1 Å². The number of nitrogens with one attached hydrogen (secondary N) is 2. The number of alkyl carbamates (subject to hydrolysis) is 1. The predicted molar refractivity (Wildman–Crippen MR) is 122 cm³/mol. The fourth-order valence-electron chi connectivity index (χ4n) is 3.98. The van der Waals surface area contributed by atoms with E-state index < -0.39 is 24.0 Å². The van der Waals surface area contributed by atoms with Gasteiger partial charge in [0.1, 0.15) is 12.6 Å². The number of nitrogens with zero attached hydrogens (tertiary/aromatic N) is 1. The molecule has 0 saturated heterocycles. The molecule has 0 saturated carbocycles. The molecule has 1 aromatic heterocycles. The average Bonchev–Trinajstić information content (AvgIpc) is 3.14. The molecule has 0 aliphatic heterocycles. The van der Waals surface area contributed by atoms with Crippen molar-refractivity contribution in [3.63, 3.8) is 0 Å². The average molecular weight is 445 g/mol. The van der Waals surface area contributed by atoms with Gasteiger partial charge in [0.15, 0.2) is 0 Å². The summed E-state index contributed by atoms with van der Waals surface area (Å²) >= 11 is 0. The number of pyridine rings is 1. The highest BCUT2D eigenvalue weighted by Gasteiger charge is 2.30. The van der Waals surface area contributed by atoms with E-state index in [0.29, 0.717) is 5.69 Å². The summed E-state index contributed by atoms with van der Waals surface area (Å²) in [7, 11) is 0. The van der Waals surface area contributed by atoms with Crippen LogP contribution in [0.15, 0.2) is 73.1 Å². The second-order valence-electron chi connectivity index (χ2n) is 7.68. The monoisotopic (exact) mass is 445 g/mol. The third-order valence-electron chi connectivity index (χ3n) is 5.55. The summed E-state index contributed by atoms with van der Waals surface area (Å²) in [4.78, 5) is 40.1. The predicted octanol–water partition coefficient (Wildman–Crippen LogP) is 3.79. The van der Waals surface area contributed by atoms with Gasteiger partial charge in [-0.05, 0) is 40.8 Å². The van der Waals surface area contributed by atoms with Gasteiger partial charge in [0.05, 0.1) is 0 Å². The molecular weight excluding hydrogens is 422 g/mol. The number of ether oxygens (including phenoxy) is 1. The van der Waals surface area contributed by atoms with E-state index in [4.69, 9.17) is 9.84 Å². The number of hydrogen-bond acceptors (Lipinski definition) is 5. The molecule has 4 rings (SSSR count). The van der Waals surface area contributed by atoms with Crippen LogP contribution in [0.1, 0.15) is 29.9 Å². The maximum absolute atomic E-state index is 12.7. The lowest BCUT2D eigenvalue weighted by atomic mass is 9.98. The maximum atomic E-state index is 12.7. The fraction of sp³-hybridized carbons (Fsp3) is 0.200. The Hall–Kier alpha value is -4.20. The van der Waals surface area contributed by atoms with Gasteiger partial charge in [-0.15, -0.1) is 0 Å². The number of carbonyl (C=O) groups is 3. The van der Waals surface area contributed by atoms with Crippen LogP contribution in [-0.2, 0) is 14.3 Å². The summed E-state index contributed by atoms with van der Waals surface area (Å²) in [5, 5.41) is 14.2. The van der Waals surface area contributed by atoms with Gasteiger partial charge in [0, 0.05) is 30.4 Å². The molecule has 3 N–H and O–H groups in total. The zero-order chi connectivity index (χ0) is 23.2. The molecule has 168 valence electrons. The summed E-state index contributed by atoms with van der Waals surface area (Å²) in [6.07, 6.45) is 1.90. The molecule has 3 aromatic rings. The molecule has 1 aliphatic rings. The van der Waals surface area contributed by atoms with Crippen molar-refractivity contribution < 1.29 is 24.2 Å². The highest BCUT2D eigenvalue weighted by atomic mass is 16.5. The van der Waals surface area contributed by atoms with Crippen LogP contribution < -0.4 is 10.6 Å². The van der Waals surface area contributed by atoms with Crippen LogP contribution in [0, 0.1) is 0 Å². The molecule has 2 aromatic carbocycles. The largest absolute Gasteiger partial charge is 0.481 e. The first-order chi connectivity index (χ1) is 16.0. The van der Waals surface area contributed by atoms with Crippen molar-refractivity contribution in [3.05, 3.63) is 84.2 Å². The second-order valence-corrected chi connectivity index (χ2v) is 7.68. The Morgan fingerprint density at radius 3 is 2.15 bits per heavy atom. The fourth-order valence-corrected chi connectivity index (χ4v) is 3.98. The lowest BCUT2D eigenvalue weighted by molar-refractivity contribution is -0.137. The zero-order valence-electron chi connectivity index (χ0n) is 17.7. The Morgan fingerprint density at radius 2 is 1.55 bits per heavy atom. The number of carboxylic acid groups (broad SMARTS) is 1. The van der Waals surface area contributed by atoms with Crippen molar-refractivity contribution in [3.8, 4) is 11.1 Å². The van der Waals surface area contributed by atoms with E-state index in [1.807, 2.05) is 48.5 Å². The summed E-state index contributed by atoms with van der Waals surface area (Å²) in [5.41, 5.74) is 4.86. The molecule has 1 aliphatic carbocycles. The number of aliphatic carboxylic acids is 1. The lowest BCUT2D eigenvalue weighted by Gasteiger charge is -2.19. The first kappa shape index (κ1) is 22.0. The molecule has 8 heteroatoms. The van der Waals surface area contributed by atoms with E-state index >= 15 is 0 Å². The van der Waals surface area contributed by atoms with E-state index in [-0.39, 0.29) is 25.4 Å². The van der Waals surface area contributed by atoms with Crippen LogP contribution in [0.3, 0.4) is 0 Å². The Bertz CT molecular complexity index is 1120. The Kier molecular flexibility index (Phi) is 6.64. The molecule has 0 fully saturated rings. The van der Waals surface area contributed by atoms with Crippen LogP contribution in [0.25, 0.3) is 11.1 Å². The highest BCUT2D eigenvalue weighted by molar-refractivity contribution is 5.96. The standard InChI is InChI=1S/C25H23N3O5/c29-23(30)10-9-22(24(31)27-16-11-13-26-14-12-16)28-25(32)33-15-21-19-7-3-1-5-17(19)18-6-2-4-8-20(18)21/h1-8,11-14,21-22H,9-10,15H2,(H,28,32)(H,29,30)(H,26,27,31). The Morgan fingerprint density at radius 1 is 0.939 bits per heavy atom. The van der Waals surface area contributed by atoms with Crippen LogP contribution >= 0.6 is 0 Å². The number of aromatic nitrogens is 1. The molecule has 1 unspecified atom stereocenters. The van der Waals surface area contributed by atoms with E-state index in [9.17, 15) is 14.4 Å². The minimum absolute atomic E-state index is 0.0730. The highest BCUT2D eigenvalue weighted by Crippen LogP contribution is 2.44. The molecule has 8 nitrogen and oxygen atoms in total. The van der Waals surface area contributed by atoms with Gasteiger partial charge in [0.2, 0.25) is 5.91 Å². The minimum atomic E-state index is -1.06. The number of fused-ring (bicyclic) bond motifs is 3. The van der Waals surface area contributed by atoms with Gasteiger partial charge in [-0.25, -0.2) is 4.79 Å². The van der Waals surface area contributed by atoms with Crippen molar-refractivity contribution in [2.24, 2.45) is 0 Å². The SMILES string of the molecule is O=C(O)CCC(NC(=O)OCC1c2ccccc2-c2ccccc21)C(=O)Nc1ccncc1. The van der Waals surface area contributed by atoms with Gasteiger partial charge in [-0.2, -0.15) is 0 Å². The van der Waals surface area contributed by atoms with Crippen molar-refractivity contribution in [2.75, 3.05) is 11.9 Å². The third kappa shape index (κ3) is 5.17. The van der Waals surface area contributed by atoms with E-state index in [2.05, 4.69) is 15.6 Å². The first-order valence-electron chi connectivity index (χ1n) is 10.6. The van der Waals surface area contributed by atoms with Crippen LogP contribution in [0.5, 0.6) is 0 Å². The summed E-state index contributed by atoms with van der Waals surface area (Å²) in [6.45, 7) is 0.0947. The van der Waals surface area contributed by atoms with Crippen molar-refractivity contribution in [1.82, 2.24) is 10.3 Å². The summed E-state index contributed by atoms with van der Waals surface area (Å²) in [6, 6.07) is 18.1. The number of carboxylic acids is 1. The number of carbonyl (C=O) groups excluding carboxylic acids is 2. The second kappa shape index (κ2) is 9.95. The molecular formula is C25H23N3O5. The normalized spacial score (nSPS) is 12.8. The molecule has 0 radical (unpaired) electrons. The molecule has 0 bridgehead atoms. The number of rotatable bonds is 8. The van der Waals surface area contributed by atoms with Gasteiger partial charge in [-0.3, -0.25) is 14.6 Å². The van der Waals surface area contributed by atoms with E-state index in [1.165, 1.54) is 12.4 Å². The smallest absolute Gasteiger partial charge is 0.407 e. The topological polar surface area (TPSA) is 118 Å². The number of benzene rings is 2. The third-order valence-corrected chi connectivity index (χ3v) is 5.55. The quantitative estimate of drug-likeness (QED) is 0.486. The number of amides is 2. The molecule has 0 spiro atoms. The zero-order valence-corrected chi connectivity index (χ0v) is 17.7. The molecule has 1 heterocycles. The van der Waals surface area contributed by atoms with Gasteiger partial charge in [0.25, 0.3) is 0 Å². The Balaban J connectivity index is 1.42. The maximum Gasteiger partial charge on any atom is 0.407 e. The molecule has 1 atom stereocenters. The summed E-state index contributed by atoms with van der Waals surface area (Å²) < 4.78 is 5.49. The van der Waals surface area contributed by atoms with Gasteiger partial charge < -0.3 is 20.5 Å². The Labute approximate surface area is 190 Å². The number of anilines is 1. The van der Waals surface area contributed by atoms with E-state index in [1.54, 1.807) is 12.1 Å². The van der Waals surface area contributed by atoms with Crippen molar-refractivity contribution in [1.29, 1.82) is 0 Å². The molecule has 33 heavy (non-hydrogen) atoms. The van der Waals surface area contributed by atoms with E-state index in [0.717, 1.165) is 22.3 Å². The molecule has 2 amide bonds. The van der Waals surface area contributed by atoms with Crippen LogP contribution in [0.2, 0.25) is 0 Å². The lowest BCUT2D eigenvalue weighted by Crippen LogP contribution is -2.44. The minimum Gasteiger partial charge on any atom is -0.481 e. The summed E-state index contributed by atoms with van der Waals surface area (Å²) in [5.74, 6) is -1.71. The number of hydrogen-bond donors (Lipinski definition) is 3. The first-order valence-corrected chi connectivity index (χ1v) is 10.6. The van der Waals surface area contributed by atoms with Crippen molar-refractivity contribution >= 4 is 23.7 Å². The van der Waals surface area contributed by atoms with Crippen LogP contribution in [0.4, 0.5) is 10.5 Å². The van der Waals surface area contributed by atoms with Crippen molar-refractivity contribution in [2.45, 2.75) is 24.8 Å². The van der Waals surface area contributed by atoms with Crippen LogP contribution in [-0.4, -0.2) is 40.7 Å². The van der Waals surface area contributed by atoms with Gasteiger partial charge in [-0.1, -0.05) is 48.5 Å².